The van der Waals surface area contributed by atoms with Gasteiger partial charge in [0.2, 0.25) is 0 Å². The van der Waals surface area contributed by atoms with Crippen molar-refractivity contribution in [2.45, 2.75) is 44.1 Å². The lowest BCUT2D eigenvalue weighted by molar-refractivity contribution is 0.251. The van der Waals surface area contributed by atoms with Crippen molar-refractivity contribution in [1.82, 2.24) is 15.1 Å². The molecular weight excluding hydrogens is 307 g/mol. The zero-order valence-corrected chi connectivity index (χ0v) is 13.5. The minimum Gasteiger partial charge on any atom is -0.336 e. The molecule has 24 heavy (non-hydrogen) atoms. The molecule has 0 aliphatic heterocycles. The number of aromatic nitrogens is 2. The molecule has 6 heteroatoms. The van der Waals surface area contributed by atoms with Crippen LogP contribution < -0.4 is 10.6 Å². The van der Waals surface area contributed by atoms with Crippen LogP contribution in [0.25, 0.3) is 0 Å². The van der Waals surface area contributed by atoms with Gasteiger partial charge in [0.05, 0.1) is 12.2 Å². The van der Waals surface area contributed by atoms with Crippen molar-refractivity contribution in [2.75, 3.05) is 11.9 Å². The molecule has 0 spiro atoms. The third-order valence-electron chi connectivity index (χ3n) is 4.53. The number of hydrogen-bond donors (Lipinski definition) is 2. The monoisotopic (exact) mass is 328 g/mol. The number of nitrogens with one attached hydrogen (secondary N) is 2. The van der Waals surface area contributed by atoms with Gasteiger partial charge in [0.15, 0.2) is 0 Å². The van der Waals surface area contributed by atoms with E-state index in [0.717, 1.165) is 0 Å². The van der Waals surface area contributed by atoms with Crippen LogP contribution in [0.4, 0.5) is 14.9 Å². The fourth-order valence-corrected chi connectivity index (χ4v) is 2.90. The van der Waals surface area contributed by atoms with E-state index in [-0.39, 0.29) is 11.8 Å². The first-order valence-corrected chi connectivity index (χ1v) is 8.57. The Balaban J connectivity index is 1.30. The Morgan fingerprint density at radius 3 is 2.54 bits per heavy atom. The molecule has 126 valence electrons. The van der Waals surface area contributed by atoms with Crippen LogP contribution in [0.1, 0.15) is 48.9 Å². The van der Waals surface area contributed by atoms with Gasteiger partial charge in [0.25, 0.3) is 0 Å². The molecule has 0 unspecified atom stereocenters. The average Bonchev–Trinajstić information content (AvgIpc) is 3.48. The summed E-state index contributed by atoms with van der Waals surface area (Å²) in [4.78, 5) is 11.9. The van der Waals surface area contributed by atoms with E-state index in [2.05, 4.69) is 21.4 Å². The predicted octanol–water partition coefficient (Wildman–Crippen LogP) is 3.60. The van der Waals surface area contributed by atoms with Crippen LogP contribution in [0.3, 0.4) is 0 Å². The SMILES string of the molecule is O=C(NCCn1nc(C2CC2)cc1C1CC1)Nc1ccc(F)cc1. The Hall–Kier alpha value is -2.37. The van der Waals surface area contributed by atoms with Crippen molar-refractivity contribution in [1.29, 1.82) is 0 Å². The van der Waals surface area contributed by atoms with Crippen molar-refractivity contribution >= 4 is 11.7 Å². The number of anilines is 1. The molecule has 2 fully saturated rings. The van der Waals surface area contributed by atoms with Crippen LogP contribution in [0.15, 0.2) is 30.3 Å². The number of rotatable bonds is 6. The van der Waals surface area contributed by atoms with Crippen LogP contribution in [0.2, 0.25) is 0 Å². The van der Waals surface area contributed by atoms with Gasteiger partial charge in [-0.05, 0) is 56.0 Å². The van der Waals surface area contributed by atoms with Gasteiger partial charge in [-0.2, -0.15) is 5.10 Å². The molecule has 1 aromatic carbocycles. The maximum Gasteiger partial charge on any atom is 0.319 e. The van der Waals surface area contributed by atoms with Gasteiger partial charge < -0.3 is 10.6 Å². The smallest absolute Gasteiger partial charge is 0.319 e. The molecule has 2 N–H and O–H groups in total. The summed E-state index contributed by atoms with van der Waals surface area (Å²) in [5.41, 5.74) is 3.10. The van der Waals surface area contributed by atoms with E-state index in [1.807, 2.05) is 0 Å². The molecule has 0 atom stereocenters. The quantitative estimate of drug-likeness (QED) is 0.851. The fourth-order valence-electron chi connectivity index (χ4n) is 2.90. The van der Waals surface area contributed by atoms with Gasteiger partial charge in [0, 0.05) is 29.8 Å². The van der Waals surface area contributed by atoms with Crippen LogP contribution in [0, 0.1) is 5.82 Å². The summed E-state index contributed by atoms with van der Waals surface area (Å²) in [5, 5.41) is 10.2. The molecule has 2 aromatic rings. The molecule has 0 bridgehead atoms. The minimum absolute atomic E-state index is 0.288. The molecule has 2 aliphatic carbocycles. The second-order valence-electron chi connectivity index (χ2n) is 6.65. The van der Waals surface area contributed by atoms with E-state index in [4.69, 9.17) is 5.10 Å². The summed E-state index contributed by atoms with van der Waals surface area (Å²) in [7, 11) is 0. The third-order valence-corrected chi connectivity index (χ3v) is 4.53. The number of halogens is 1. The predicted molar refractivity (Wildman–Crippen MR) is 89.6 cm³/mol. The summed E-state index contributed by atoms with van der Waals surface area (Å²) in [6, 6.07) is 7.68. The van der Waals surface area contributed by atoms with E-state index in [0.29, 0.717) is 30.6 Å². The van der Waals surface area contributed by atoms with E-state index in [1.54, 1.807) is 0 Å². The first-order chi connectivity index (χ1) is 11.7. The summed E-state index contributed by atoms with van der Waals surface area (Å²) in [6.45, 7) is 1.19. The second-order valence-corrected chi connectivity index (χ2v) is 6.65. The highest BCUT2D eigenvalue weighted by Crippen LogP contribution is 2.44. The van der Waals surface area contributed by atoms with Crippen molar-refractivity contribution in [3.63, 3.8) is 0 Å². The van der Waals surface area contributed by atoms with E-state index < -0.39 is 0 Å². The van der Waals surface area contributed by atoms with Crippen molar-refractivity contribution in [3.8, 4) is 0 Å². The molecule has 1 heterocycles. The summed E-state index contributed by atoms with van der Waals surface area (Å²) in [6.07, 6.45) is 4.99. The fraction of sp³-hybridized carbons (Fsp3) is 0.444. The largest absolute Gasteiger partial charge is 0.336 e. The van der Waals surface area contributed by atoms with Gasteiger partial charge in [0.1, 0.15) is 5.82 Å². The number of benzene rings is 1. The first kappa shape index (κ1) is 15.2. The Morgan fingerprint density at radius 2 is 1.88 bits per heavy atom. The van der Waals surface area contributed by atoms with Crippen molar-refractivity contribution < 1.29 is 9.18 Å². The highest BCUT2D eigenvalue weighted by molar-refractivity contribution is 5.89. The normalized spacial score (nSPS) is 16.9. The molecule has 4 rings (SSSR count). The number of amides is 2. The average molecular weight is 328 g/mol. The van der Waals surface area contributed by atoms with Crippen LogP contribution in [0.5, 0.6) is 0 Å². The number of urea groups is 1. The molecular formula is C18H21FN4O. The second kappa shape index (κ2) is 6.26. The zero-order chi connectivity index (χ0) is 16.5. The molecule has 2 amide bonds. The Kier molecular flexibility index (Phi) is 3.96. The van der Waals surface area contributed by atoms with Gasteiger partial charge in [-0.25, -0.2) is 9.18 Å². The van der Waals surface area contributed by atoms with Crippen molar-refractivity contribution in [2.24, 2.45) is 0 Å². The summed E-state index contributed by atoms with van der Waals surface area (Å²) >= 11 is 0. The van der Waals surface area contributed by atoms with Gasteiger partial charge in [-0.15, -0.1) is 0 Å². The first-order valence-electron chi connectivity index (χ1n) is 8.57. The van der Waals surface area contributed by atoms with Crippen LogP contribution in [-0.4, -0.2) is 22.4 Å². The summed E-state index contributed by atoms with van der Waals surface area (Å²) < 4.78 is 14.9. The highest BCUT2D eigenvalue weighted by atomic mass is 19.1. The lowest BCUT2D eigenvalue weighted by Crippen LogP contribution is -2.32. The molecule has 5 nitrogen and oxygen atoms in total. The number of hydrogen-bond acceptors (Lipinski definition) is 2. The van der Waals surface area contributed by atoms with Crippen LogP contribution >= 0.6 is 0 Å². The molecule has 0 radical (unpaired) electrons. The topological polar surface area (TPSA) is 59.0 Å². The number of carbonyl (C=O) groups is 1. The highest BCUT2D eigenvalue weighted by Gasteiger charge is 2.32. The van der Waals surface area contributed by atoms with Gasteiger partial charge >= 0.3 is 6.03 Å². The maximum atomic E-state index is 12.8. The van der Waals surface area contributed by atoms with E-state index in [9.17, 15) is 9.18 Å². The standard InChI is InChI=1S/C18H21FN4O/c19-14-5-7-15(8-6-14)21-18(24)20-9-10-23-17(13-3-4-13)11-16(22-23)12-1-2-12/h5-8,11-13H,1-4,9-10H2,(H2,20,21,24). The molecule has 2 saturated carbocycles. The molecule has 0 saturated heterocycles. The lowest BCUT2D eigenvalue weighted by Gasteiger charge is -2.09. The lowest BCUT2D eigenvalue weighted by atomic mass is 10.2. The van der Waals surface area contributed by atoms with Crippen molar-refractivity contribution in [3.05, 3.63) is 47.5 Å². The number of carbonyl (C=O) groups excluding carboxylic acids is 1. The zero-order valence-electron chi connectivity index (χ0n) is 13.5. The third kappa shape index (κ3) is 3.58. The van der Waals surface area contributed by atoms with E-state index in [1.165, 1.54) is 61.3 Å². The van der Waals surface area contributed by atoms with Gasteiger partial charge in [-0.3, -0.25) is 4.68 Å². The molecule has 2 aliphatic rings. The Bertz CT molecular complexity index is 732. The minimum atomic E-state index is -0.321. The molecule has 1 aromatic heterocycles. The van der Waals surface area contributed by atoms with E-state index >= 15 is 0 Å². The van der Waals surface area contributed by atoms with Gasteiger partial charge in [-0.1, -0.05) is 0 Å². The Morgan fingerprint density at radius 1 is 1.17 bits per heavy atom. The Labute approximate surface area is 140 Å². The maximum absolute atomic E-state index is 12.8. The van der Waals surface area contributed by atoms with Crippen LogP contribution in [-0.2, 0) is 6.54 Å². The number of nitrogens with zero attached hydrogens (tertiary/aromatic N) is 2. The summed E-state index contributed by atoms with van der Waals surface area (Å²) in [5.74, 6) is 0.982.